The second-order valence-electron chi connectivity index (χ2n) is 4.98. The van der Waals surface area contributed by atoms with E-state index in [0.29, 0.717) is 24.2 Å². The lowest BCUT2D eigenvalue weighted by Crippen LogP contribution is -2.19. The molecule has 5 heteroatoms. The number of nitrogens with one attached hydrogen (secondary N) is 1. The Kier molecular flexibility index (Phi) is 6.08. The van der Waals surface area contributed by atoms with Crippen molar-refractivity contribution in [2.75, 3.05) is 13.2 Å². The Morgan fingerprint density at radius 3 is 2.95 bits per heavy atom. The van der Waals surface area contributed by atoms with Crippen molar-refractivity contribution in [3.05, 3.63) is 47.2 Å². The zero-order valence-corrected chi connectivity index (χ0v) is 13.3. The first-order valence-corrected chi connectivity index (χ1v) is 7.71. The van der Waals surface area contributed by atoms with E-state index >= 15 is 0 Å². The lowest BCUT2D eigenvalue weighted by molar-refractivity contribution is 0.291. The van der Waals surface area contributed by atoms with Crippen molar-refractivity contribution in [3.63, 3.8) is 0 Å². The molecule has 21 heavy (non-hydrogen) atoms. The van der Waals surface area contributed by atoms with Crippen LogP contribution >= 0.6 is 11.6 Å². The third kappa shape index (κ3) is 4.76. The number of rotatable bonds is 8. The third-order valence-corrected chi connectivity index (χ3v) is 3.59. The van der Waals surface area contributed by atoms with Gasteiger partial charge in [0.25, 0.3) is 0 Å². The Balaban J connectivity index is 1.89. The predicted molar refractivity (Wildman–Crippen MR) is 85.9 cm³/mol. The Labute approximate surface area is 131 Å². The van der Waals surface area contributed by atoms with Crippen LogP contribution in [0, 0.1) is 0 Å². The van der Waals surface area contributed by atoms with Gasteiger partial charge in [0.05, 0.1) is 11.6 Å². The largest absolute Gasteiger partial charge is 0.490 e. The van der Waals surface area contributed by atoms with Crippen LogP contribution in [0.3, 0.4) is 0 Å². The van der Waals surface area contributed by atoms with Crippen molar-refractivity contribution in [2.45, 2.75) is 32.9 Å². The lowest BCUT2D eigenvalue weighted by atomic mass is 10.1. The molecule has 4 nitrogen and oxygen atoms in total. The van der Waals surface area contributed by atoms with Crippen molar-refractivity contribution in [3.8, 4) is 5.75 Å². The van der Waals surface area contributed by atoms with Gasteiger partial charge in [-0.3, -0.25) is 4.68 Å². The van der Waals surface area contributed by atoms with E-state index < -0.39 is 0 Å². The van der Waals surface area contributed by atoms with Crippen molar-refractivity contribution >= 4 is 11.6 Å². The SMILES string of the molecule is CCCNC(C)c1ccc(OCCn2cccn2)c(Cl)c1. The summed E-state index contributed by atoms with van der Waals surface area (Å²) < 4.78 is 7.55. The average Bonchev–Trinajstić information content (AvgIpc) is 2.99. The highest BCUT2D eigenvalue weighted by atomic mass is 35.5. The van der Waals surface area contributed by atoms with Gasteiger partial charge in [0, 0.05) is 18.4 Å². The summed E-state index contributed by atoms with van der Waals surface area (Å²) in [7, 11) is 0. The molecule has 0 aliphatic rings. The molecular formula is C16H22ClN3O. The molecule has 1 atom stereocenters. The molecule has 0 radical (unpaired) electrons. The van der Waals surface area contributed by atoms with Crippen LogP contribution in [0.5, 0.6) is 5.75 Å². The van der Waals surface area contributed by atoms with Crippen LogP contribution in [0.15, 0.2) is 36.7 Å². The van der Waals surface area contributed by atoms with Gasteiger partial charge in [-0.15, -0.1) is 0 Å². The molecule has 0 saturated carbocycles. The molecule has 2 rings (SSSR count). The summed E-state index contributed by atoms with van der Waals surface area (Å²) in [4.78, 5) is 0. The molecule has 1 N–H and O–H groups in total. The average molecular weight is 308 g/mol. The van der Waals surface area contributed by atoms with E-state index in [1.165, 1.54) is 5.56 Å². The number of ether oxygens (including phenoxy) is 1. The summed E-state index contributed by atoms with van der Waals surface area (Å²) in [6, 6.07) is 8.15. The number of aromatic nitrogens is 2. The summed E-state index contributed by atoms with van der Waals surface area (Å²) in [6.45, 7) is 6.55. The van der Waals surface area contributed by atoms with E-state index in [1.54, 1.807) is 6.20 Å². The second-order valence-corrected chi connectivity index (χ2v) is 5.39. The first kappa shape index (κ1) is 15.9. The van der Waals surface area contributed by atoms with Crippen LogP contribution in [0.1, 0.15) is 31.9 Å². The van der Waals surface area contributed by atoms with E-state index in [1.807, 2.05) is 29.1 Å². The van der Waals surface area contributed by atoms with Crippen LogP contribution in [-0.2, 0) is 6.54 Å². The summed E-state index contributed by atoms with van der Waals surface area (Å²) in [6.07, 6.45) is 4.79. The molecule has 0 aliphatic carbocycles. The third-order valence-electron chi connectivity index (χ3n) is 3.29. The summed E-state index contributed by atoms with van der Waals surface area (Å²) in [5.74, 6) is 0.718. The number of hydrogen-bond acceptors (Lipinski definition) is 3. The van der Waals surface area contributed by atoms with Gasteiger partial charge in [0.15, 0.2) is 0 Å². The zero-order chi connectivity index (χ0) is 15.1. The van der Waals surface area contributed by atoms with Crippen LogP contribution < -0.4 is 10.1 Å². The van der Waals surface area contributed by atoms with Crippen LogP contribution in [0.4, 0.5) is 0 Å². The highest BCUT2D eigenvalue weighted by Crippen LogP contribution is 2.27. The maximum Gasteiger partial charge on any atom is 0.138 e. The molecule has 1 aromatic carbocycles. The van der Waals surface area contributed by atoms with E-state index in [4.69, 9.17) is 16.3 Å². The smallest absolute Gasteiger partial charge is 0.138 e. The van der Waals surface area contributed by atoms with E-state index in [2.05, 4.69) is 30.3 Å². The molecule has 0 amide bonds. The highest BCUT2D eigenvalue weighted by Gasteiger charge is 2.08. The fourth-order valence-corrected chi connectivity index (χ4v) is 2.31. The van der Waals surface area contributed by atoms with Crippen molar-refractivity contribution in [1.29, 1.82) is 0 Å². The van der Waals surface area contributed by atoms with Gasteiger partial charge < -0.3 is 10.1 Å². The molecule has 0 fully saturated rings. The fraction of sp³-hybridized carbons (Fsp3) is 0.438. The minimum atomic E-state index is 0.292. The van der Waals surface area contributed by atoms with Crippen LogP contribution in [0.25, 0.3) is 0 Å². The molecule has 0 aliphatic heterocycles. The Morgan fingerprint density at radius 2 is 2.29 bits per heavy atom. The molecule has 114 valence electrons. The zero-order valence-electron chi connectivity index (χ0n) is 12.6. The number of halogens is 1. The minimum absolute atomic E-state index is 0.292. The summed E-state index contributed by atoms with van der Waals surface area (Å²) in [5, 5.41) is 8.23. The maximum absolute atomic E-state index is 6.29. The summed E-state index contributed by atoms with van der Waals surface area (Å²) in [5.41, 5.74) is 1.17. The quantitative estimate of drug-likeness (QED) is 0.808. The van der Waals surface area contributed by atoms with Gasteiger partial charge >= 0.3 is 0 Å². The number of nitrogens with zero attached hydrogens (tertiary/aromatic N) is 2. The summed E-state index contributed by atoms with van der Waals surface area (Å²) >= 11 is 6.29. The first-order valence-electron chi connectivity index (χ1n) is 7.33. The Hall–Kier alpha value is -1.52. The van der Waals surface area contributed by atoms with Gasteiger partial charge in [0.1, 0.15) is 12.4 Å². The van der Waals surface area contributed by atoms with Crippen molar-refractivity contribution in [1.82, 2.24) is 15.1 Å². The van der Waals surface area contributed by atoms with E-state index in [-0.39, 0.29) is 0 Å². The van der Waals surface area contributed by atoms with Gasteiger partial charge in [-0.05, 0) is 43.7 Å². The molecule has 1 heterocycles. The monoisotopic (exact) mass is 307 g/mol. The van der Waals surface area contributed by atoms with Crippen molar-refractivity contribution < 1.29 is 4.74 Å². The maximum atomic E-state index is 6.29. The standard InChI is InChI=1S/C16H22ClN3O/c1-3-7-18-13(2)14-5-6-16(15(17)12-14)21-11-10-20-9-4-8-19-20/h4-6,8-9,12-13,18H,3,7,10-11H2,1-2H3. The second kappa shape index (κ2) is 8.05. The number of hydrogen-bond donors (Lipinski definition) is 1. The van der Waals surface area contributed by atoms with E-state index in [0.717, 1.165) is 18.7 Å². The van der Waals surface area contributed by atoms with Crippen molar-refractivity contribution in [2.24, 2.45) is 0 Å². The lowest BCUT2D eigenvalue weighted by Gasteiger charge is -2.15. The molecule has 0 bridgehead atoms. The molecule has 0 spiro atoms. The van der Waals surface area contributed by atoms with Gasteiger partial charge in [-0.2, -0.15) is 5.10 Å². The first-order chi connectivity index (χ1) is 10.2. The van der Waals surface area contributed by atoms with E-state index in [9.17, 15) is 0 Å². The number of benzene rings is 1. The predicted octanol–water partition coefficient (Wildman–Crippen LogP) is 3.68. The minimum Gasteiger partial charge on any atom is -0.490 e. The fourth-order valence-electron chi connectivity index (χ4n) is 2.06. The Bertz CT molecular complexity index is 542. The molecule has 1 unspecified atom stereocenters. The molecule has 0 saturated heterocycles. The van der Waals surface area contributed by atoms with Gasteiger partial charge in [-0.1, -0.05) is 24.6 Å². The van der Waals surface area contributed by atoms with Crippen LogP contribution in [-0.4, -0.2) is 22.9 Å². The Morgan fingerprint density at radius 1 is 1.43 bits per heavy atom. The van der Waals surface area contributed by atoms with Crippen LogP contribution in [0.2, 0.25) is 5.02 Å². The van der Waals surface area contributed by atoms with Gasteiger partial charge in [-0.25, -0.2) is 0 Å². The molecular weight excluding hydrogens is 286 g/mol. The normalized spacial score (nSPS) is 12.3. The highest BCUT2D eigenvalue weighted by molar-refractivity contribution is 6.32. The topological polar surface area (TPSA) is 39.1 Å². The molecule has 1 aromatic heterocycles. The molecule has 2 aromatic rings. The van der Waals surface area contributed by atoms with Gasteiger partial charge in [0.2, 0.25) is 0 Å².